The number of aromatic nitrogens is 1. The van der Waals surface area contributed by atoms with Crippen LogP contribution in [-0.2, 0) is 9.59 Å². The molecule has 2 heterocycles. The van der Waals surface area contributed by atoms with Crippen LogP contribution in [0.25, 0.3) is 0 Å². The quantitative estimate of drug-likeness (QED) is 0.609. The lowest BCUT2D eigenvalue weighted by Gasteiger charge is -2.35. The monoisotopic (exact) mass is 314 g/mol. The molecule has 0 aliphatic carbocycles. The zero-order valence-corrected chi connectivity index (χ0v) is 11.4. The highest BCUT2D eigenvalue weighted by Crippen LogP contribution is 2.29. The summed E-state index contributed by atoms with van der Waals surface area (Å²) in [5, 5.41) is 22.1. The number of hydrogen-bond donors (Lipinski definition) is 2. The highest BCUT2D eigenvalue weighted by atomic mass is 35.5. The molecule has 10 heteroatoms. The van der Waals surface area contributed by atoms with Gasteiger partial charge in [-0.1, -0.05) is 11.6 Å². The molecule has 1 aromatic heterocycles. The molecule has 1 aromatic rings. The van der Waals surface area contributed by atoms with E-state index >= 15 is 0 Å². The molecule has 112 valence electrons. The average molecular weight is 315 g/mol. The Bertz CT molecular complexity index is 608. The predicted octanol–water partition coefficient (Wildman–Crippen LogP) is 0.423. The standard InChI is InChI=1S/C11H11ClN4O5/c12-7-3-6(16(20)21)5-14-10(7)15-2-1-13-11(19)8(15)4-9(17)18/h3,5,8H,1-2,4H2,(H,13,19)(H,17,18). The third-order valence-electron chi connectivity index (χ3n) is 2.99. The van der Waals surface area contributed by atoms with Gasteiger partial charge >= 0.3 is 5.97 Å². The minimum absolute atomic E-state index is 0.00529. The Morgan fingerprint density at radius 1 is 1.67 bits per heavy atom. The van der Waals surface area contributed by atoms with Crippen molar-refractivity contribution in [2.24, 2.45) is 0 Å². The summed E-state index contributed by atoms with van der Waals surface area (Å²) in [4.78, 5) is 38.0. The summed E-state index contributed by atoms with van der Waals surface area (Å²) in [5.74, 6) is -1.43. The third-order valence-corrected chi connectivity index (χ3v) is 3.27. The van der Waals surface area contributed by atoms with E-state index < -0.39 is 29.3 Å². The van der Waals surface area contributed by atoms with Crippen molar-refractivity contribution in [3.63, 3.8) is 0 Å². The first-order valence-corrected chi connectivity index (χ1v) is 6.34. The number of hydrogen-bond acceptors (Lipinski definition) is 6. The predicted molar refractivity (Wildman–Crippen MR) is 72.3 cm³/mol. The van der Waals surface area contributed by atoms with Crippen molar-refractivity contribution >= 4 is 35.0 Å². The van der Waals surface area contributed by atoms with Crippen molar-refractivity contribution in [3.05, 3.63) is 27.4 Å². The SMILES string of the molecule is O=C(O)CC1C(=O)NCCN1c1ncc([N+](=O)[O-])cc1Cl. The molecule has 1 aliphatic heterocycles. The summed E-state index contributed by atoms with van der Waals surface area (Å²) in [5.41, 5.74) is -0.278. The van der Waals surface area contributed by atoms with E-state index in [9.17, 15) is 19.7 Å². The van der Waals surface area contributed by atoms with Crippen LogP contribution in [0.3, 0.4) is 0 Å². The molecular weight excluding hydrogens is 304 g/mol. The van der Waals surface area contributed by atoms with Gasteiger partial charge in [-0.3, -0.25) is 19.7 Å². The Balaban J connectivity index is 2.35. The van der Waals surface area contributed by atoms with Crippen LogP contribution < -0.4 is 10.2 Å². The first kappa shape index (κ1) is 15.0. The number of carbonyl (C=O) groups is 2. The molecule has 1 aliphatic rings. The number of aliphatic carboxylic acids is 1. The van der Waals surface area contributed by atoms with Gasteiger partial charge in [-0.25, -0.2) is 4.98 Å². The molecule has 21 heavy (non-hydrogen) atoms. The number of carboxylic acid groups (broad SMARTS) is 1. The van der Waals surface area contributed by atoms with Crippen molar-refractivity contribution in [2.75, 3.05) is 18.0 Å². The fraction of sp³-hybridized carbons (Fsp3) is 0.364. The van der Waals surface area contributed by atoms with Crippen molar-refractivity contribution in [3.8, 4) is 0 Å². The highest BCUT2D eigenvalue weighted by molar-refractivity contribution is 6.33. The van der Waals surface area contributed by atoms with Crippen LogP contribution in [0, 0.1) is 10.1 Å². The lowest BCUT2D eigenvalue weighted by atomic mass is 10.1. The number of carboxylic acids is 1. The van der Waals surface area contributed by atoms with E-state index in [1.807, 2.05) is 0 Å². The Hall–Kier alpha value is -2.42. The first-order chi connectivity index (χ1) is 9.90. The summed E-state index contributed by atoms with van der Waals surface area (Å²) < 4.78 is 0. The number of piperazine rings is 1. The third kappa shape index (κ3) is 3.19. The normalized spacial score (nSPS) is 18.2. The number of carbonyl (C=O) groups excluding carboxylic acids is 1. The Morgan fingerprint density at radius 2 is 2.38 bits per heavy atom. The zero-order valence-electron chi connectivity index (χ0n) is 10.7. The molecule has 1 atom stereocenters. The second kappa shape index (κ2) is 5.92. The fourth-order valence-corrected chi connectivity index (χ4v) is 2.34. The highest BCUT2D eigenvalue weighted by Gasteiger charge is 2.33. The maximum atomic E-state index is 11.8. The van der Waals surface area contributed by atoms with Crippen LogP contribution in [0.15, 0.2) is 12.3 Å². The van der Waals surface area contributed by atoms with E-state index in [1.54, 1.807) is 0 Å². The van der Waals surface area contributed by atoms with Gasteiger partial charge in [-0.05, 0) is 0 Å². The molecule has 2 rings (SSSR count). The van der Waals surface area contributed by atoms with Gasteiger partial charge in [0.15, 0.2) is 0 Å². The summed E-state index contributed by atoms with van der Waals surface area (Å²) in [6, 6.07) is 0.163. The van der Waals surface area contributed by atoms with Crippen LogP contribution in [0.1, 0.15) is 6.42 Å². The van der Waals surface area contributed by atoms with Gasteiger partial charge in [0.2, 0.25) is 5.91 Å². The smallest absolute Gasteiger partial charge is 0.305 e. The molecule has 0 radical (unpaired) electrons. The fourth-order valence-electron chi connectivity index (χ4n) is 2.07. The molecule has 0 saturated carbocycles. The second-order valence-electron chi connectivity index (χ2n) is 4.35. The topological polar surface area (TPSA) is 126 Å². The summed E-state index contributed by atoms with van der Waals surface area (Å²) in [6.07, 6.45) is 0.604. The van der Waals surface area contributed by atoms with Crippen LogP contribution in [0.2, 0.25) is 5.02 Å². The molecule has 0 bridgehead atoms. The lowest BCUT2D eigenvalue weighted by molar-refractivity contribution is -0.385. The Kier molecular flexibility index (Phi) is 4.22. The maximum absolute atomic E-state index is 11.8. The second-order valence-corrected chi connectivity index (χ2v) is 4.76. The van der Waals surface area contributed by atoms with Gasteiger partial charge in [0.05, 0.1) is 16.4 Å². The van der Waals surface area contributed by atoms with Crippen LogP contribution in [-0.4, -0.2) is 46.0 Å². The summed E-state index contributed by atoms with van der Waals surface area (Å²) in [7, 11) is 0. The van der Waals surface area contributed by atoms with Gasteiger partial charge < -0.3 is 15.3 Å². The number of pyridine rings is 1. The van der Waals surface area contributed by atoms with Crippen molar-refractivity contribution in [1.82, 2.24) is 10.3 Å². The van der Waals surface area contributed by atoms with Gasteiger partial charge in [0.1, 0.15) is 18.1 Å². The molecule has 1 fully saturated rings. The van der Waals surface area contributed by atoms with Gasteiger partial charge in [-0.15, -0.1) is 0 Å². The molecule has 0 spiro atoms. The molecule has 1 amide bonds. The van der Waals surface area contributed by atoms with Gasteiger partial charge in [0, 0.05) is 19.2 Å². The van der Waals surface area contributed by atoms with Crippen LogP contribution in [0.5, 0.6) is 0 Å². The number of nitrogens with one attached hydrogen (secondary N) is 1. The van der Waals surface area contributed by atoms with Crippen molar-refractivity contribution < 1.29 is 19.6 Å². The number of halogens is 1. The van der Waals surface area contributed by atoms with E-state index in [4.69, 9.17) is 16.7 Å². The Labute approximate surface area is 123 Å². The largest absolute Gasteiger partial charge is 0.481 e. The number of rotatable bonds is 4. The molecule has 9 nitrogen and oxygen atoms in total. The van der Waals surface area contributed by atoms with E-state index in [0.717, 1.165) is 12.3 Å². The van der Waals surface area contributed by atoms with E-state index in [-0.39, 0.29) is 16.5 Å². The minimum Gasteiger partial charge on any atom is -0.481 e. The van der Waals surface area contributed by atoms with Gasteiger partial charge in [-0.2, -0.15) is 0 Å². The maximum Gasteiger partial charge on any atom is 0.305 e. The van der Waals surface area contributed by atoms with Gasteiger partial charge in [0.25, 0.3) is 5.69 Å². The van der Waals surface area contributed by atoms with Crippen molar-refractivity contribution in [1.29, 1.82) is 0 Å². The van der Waals surface area contributed by atoms with E-state index in [2.05, 4.69) is 10.3 Å². The first-order valence-electron chi connectivity index (χ1n) is 5.96. The van der Waals surface area contributed by atoms with Crippen molar-refractivity contribution in [2.45, 2.75) is 12.5 Å². The molecular formula is C11H11ClN4O5. The number of anilines is 1. The molecule has 1 saturated heterocycles. The van der Waals surface area contributed by atoms with E-state index in [0.29, 0.717) is 13.1 Å². The Morgan fingerprint density at radius 3 is 2.95 bits per heavy atom. The molecule has 0 aromatic carbocycles. The molecule has 1 unspecified atom stereocenters. The minimum atomic E-state index is -1.14. The molecule has 2 N–H and O–H groups in total. The number of nitrogens with zero attached hydrogens (tertiary/aromatic N) is 3. The summed E-state index contributed by atoms with van der Waals surface area (Å²) >= 11 is 5.97. The lowest BCUT2D eigenvalue weighted by Crippen LogP contribution is -2.56. The van der Waals surface area contributed by atoms with Crippen LogP contribution >= 0.6 is 11.6 Å². The number of nitro groups is 1. The average Bonchev–Trinajstić information content (AvgIpc) is 2.41. The van der Waals surface area contributed by atoms with E-state index in [1.165, 1.54) is 4.90 Å². The summed E-state index contributed by atoms with van der Waals surface area (Å²) in [6.45, 7) is 0.623. The van der Waals surface area contributed by atoms with Crippen LogP contribution in [0.4, 0.5) is 11.5 Å². The number of amides is 1. The zero-order chi connectivity index (χ0) is 15.6.